The van der Waals surface area contributed by atoms with E-state index in [1.807, 2.05) is 18.2 Å². The molecule has 0 saturated heterocycles. The molecule has 0 bridgehead atoms. The number of rotatable bonds is 4. The maximum Gasteiger partial charge on any atom is 0.273 e. The Labute approximate surface area is 159 Å². The number of hydrogen-bond acceptors (Lipinski definition) is 6. The van der Waals surface area contributed by atoms with Crippen LogP contribution < -0.4 is 4.31 Å². The van der Waals surface area contributed by atoms with Crippen LogP contribution in [-0.4, -0.2) is 37.3 Å². The van der Waals surface area contributed by atoms with Gasteiger partial charge in [0.2, 0.25) is 0 Å². The minimum atomic E-state index is -3.61. The third-order valence-corrected chi connectivity index (χ3v) is 8.37. The van der Waals surface area contributed by atoms with Crippen LogP contribution in [0.3, 0.4) is 0 Å². The molecule has 1 atom stereocenters. The number of nitrogens with zero attached hydrogens (tertiary/aromatic N) is 3. The number of H-pyrrole nitrogens is 1. The summed E-state index contributed by atoms with van der Waals surface area (Å²) < 4.78 is 27.3. The zero-order chi connectivity index (χ0) is 18.3. The predicted molar refractivity (Wildman–Crippen MR) is 107 cm³/mol. The molecule has 9 heteroatoms. The molecule has 3 aromatic rings. The van der Waals surface area contributed by atoms with Crippen LogP contribution in [0, 0.1) is 11.3 Å². The Bertz CT molecular complexity index is 1140. The quantitative estimate of drug-likeness (QED) is 0.724. The molecule has 0 spiro atoms. The number of hydrogen-bond donors (Lipinski definition) is 1. The first-order valence-corrected chi connectivity index (χ1v) is 11.0. The molecule has 6 nitrogen and oxygen atoms in total. The average Bonchev–Trinajstić information content (AvgIpc) is 3.39. The molecule has 0 fully saturated rings. The van der Waals surface area contributed by atoms with Gasteiger partial charge in [-0.05, 0) is 23.6 Å². The van der Waals surface area contributed by atoms with E-state index in [9.17, 15) is 8.42 Å². The first-order valence-electron chi connectivity index (χ1n) is 7.76. The van der Waals surface area contributed by atoms with E-state index in [1.165, 1.54) is 27.4 Å². The first kappa shape index (κ1) is 17.1. The Morgan fingerprint density at radius 2 is 2.19 bits per heavy atom. The number of nitriles is 1. The van der Waals surface area contributed by atoms with Crippen molar-refractivity contribution in [3.63, 3.8) is 0 Å². The predicted octanol–water partition coefficient (Wildman–Crippen LogP) is 3.44. The number of aromatic amines is 1. The SMILES string of the molecule is CN(c1cccc2cc(C3=NCC(C#N)S3)[nH]c12)S(=O)(=O)c1cccs1. The number of para-hydroxylation sites is 1. The maximum absolute atomic E-state index is 12.8. The highest BCUT2D eigenvalue weighted by Crippen LogP contribution is 2.33. The molecule has 1 aliphatic rings. The zero-order valence-corrected chi connectivity index (χ0v) is 16.2. The van der Waals surface area contributed by atoms with E-state index < -0.39 is 10.0 Å². The first-order chi connectivity index (χ1) is 12.5. The molecule has 3 heterocycles. The second-order valence-corrected chi connectivity index (χ2v) is 10.0. The summed E-state index contributed by atoms with van der Waals surface area (Å²) in [6.07, 6.45) is 0. The number of sulfonamides is 1. The molecule has 132 valence electrons. The number of anilines is 1. The summed E-state index contributed by atoms with van der Waals surface area (Å²) in [5, 5.41) is 12.3. The fourth-order valence-electron chi connectivity index (χ4n) is 2.78. The number of fused-ring (bicyclic) bond motifs is 1. The highest BCUT2D eigenvalue weighted by atomic mass is 32.2. The van der Waals surface area contributed by atoms with E-state index in [0.29, 0.717) is 16.4 Å². The van der Waals surface area contributed by atoms with Crippen molar-refractivity contribution in [3.8, 4) is 6.07 Å². The average molecular weight is 403 g/mol. The van der Waals surface area contributed by atoms with Crippen molar-refractivity contribution in [2.45, 2.75) is 9.46 Å². The molecule has 1 unspecified atom stereocenters. The van der Waals surface area contributed by atoms with Gasteiger partial charge in [-0.15, -0.1) is 11.3 Å². The van der Waals surface area contributed by atoms with Crippen molar-refractivity contribution in [2.24, 2.45) is 4.99 Å². The molecule has 0 radical (unpaired) electrons. The van der Waals surface area contributed by atoms with Gasteiger partial charge in [-0.2, -0.15) is 5.26 Å². The fraction of sp³-hybridized carbons (Fsp3) is 0.176. The monoisotopic (exact) mass is 402 g/mol. The molecule has 1 aromatic carbocycles. The van der Waals surface area contributed by atoms with Gasteiger partial charge in [-0.1, -0.05) is 30.0 Å². The molecule has 0 saturated carbocycles. The number of thioether (sulfide) groups is 1. The fourth-order valence-corrected chi connectivity index (χ4v) is 6.01. The molecular weight excluding hydrogens is 388 g/mol. The number of benzene rings is 1. The lowest BCUT2D eigenvalue weighted by molar-refractivity contribution is 0.596. The summed E-state index contributed by atoms with van der Waals surface area (Å²) in [7, 11) is -2.06. The number of nitrogens with one attached hydrogen (secondary N) is 1. The maximum atomic E-state index is 12.8. The standard InChI is InChI=1S/C17H14N4O2S3/c1-21(26(22,23)15-6-3-7-24-15)14-5-2-4-11-8-13(20-16(11)14)17-19-10-12(9-18)25-17/h2-8,12,20H,10H2,1H3. The van der Waals surface area contributed by atoms with Gasteiger partial charge >= 0.3 is 0 Å². The van der Waals surface area contributed by atoms with Crippen molar-refractivity contribution in [1.82, 2.24) is 4.98 Å². The minimum Gasteiger partial charge on any atom is -0.351 e. The summed E-state index contributed by atoms with van der Waals surface area (Å²) in [5.41, 5.74) is 2.11. The lowest BCUT2D eigenvalue weighted by Crippen LogP contribution is -2.26. The Morgan fingerprint density at radius 3 is 2.88 bits per heavy atom. The van der Waals surface area contributed by atoms with E-state index in [-0.39, 0.29) is 5.25 Å². The van der Waals surface area contributed by atoms with E-state index >= 15 is 0 Å². The van der Waals surface area contributed by atoms with Gasteiger partial charge in [0.1, 0.15) is 14.5 Å². The summed E-state index contributed by atoms with van der Waals surface area (Å²) in [5.74, 6) is 0. The van der Waals surface area contributed by atoms with Crippen LogP contribution in [0.15, 0.2) is 51.0 Å². The zero-order valence-electron chi connectivity index (χ0n) is 13.7. The second kappa shape index (κ2) is 6.46. The molecule has 0 aliphatic carbocycles. The lowest BCUT2D eigenvalue weighted by atomic mass is 10.2. The summed E-state index contributed by atoms with van der Waals surface area (Å²) >= 11 is 2.62. The van der Waals surface area contributed by atoms with Crippen molar-refractivity contribution in [2.75, 3.05) is 17.9 Å². The Hall–Kier alpha value is -2.28. The molecule has 26 heavy (non-hydrogen) atoms. The largest absolute Gasteiger partial charge is 0.351 e. The minimum absolute atomic E-state index is 0.169. The number of aromatic nitrogens is 1. The van der Waals surface area contributed by atoms with Crippen LogP contribution in [0.4, 0.5) is 5.69 Å². The van der Waals surface area contributed by atoms with Crippen LogP contribution in [0.2, 0.25) is 0 Å². The van der Waals surface area contributed by atoms with Crippen molar-refractivity contribution >= 4 is 54.8 Å². The van der Waals surface area contributed by atoms with E-state index in [2.05, 4.69) is 16.0 Å². The lowest BCUT2D eigenvalue weighted by Gasteiger charge is -2.19. The molecule has 4 rings (SSSR count). The highest BCUT2D eigenvalue weighted by molar-refractivity contribution is 8.15. The van der Waals surface area contributed by atoms with Gasteiger partial charge in [-0.25, -0.2) is 8.42 Å². The van der Waals surface area contributed by atoms with Gasteiger partial charge in [0.15, 0.2) is 0 Å². The number of aliphatic imine (C=N–C) groups is 1. The number of thiophene rings is 1. The van der Waals surface area contributed by atoms with Crippen molar-refractivity contribution < 1.29 is 8.42 Å². The summed E-state index contributed by atoms with van der Waals surface area (Å²) in [6.45, 7) is 0.478. The molecule has 1 N–H and O–H groups in total. The molecule has 0 amide bonds. The van der Waals surface area contributed by atoms with Crippen molar-refractivity contribution in [3.05, 3.63) is 47.5 Å². The van der Waals surface area contributed by atoms with Crippen LogP contribution in [-0.2, 0) is 10.0 Å². The Balaban J connectivity index is 1.76. The van der Waals surface area contributed by atoms with Crippen LogP contribution in [0.1, 0.15) is 5.69 Å². The van der Waals surface area contributed by atoms with Crippen molar-refractivity contribution in [1.29, 1.82) is 5.26 Å². The van der Waals surface area contributed by atoms with Crippen LogP contribution >= 0.6 is 23.1 Å². The summed E-state index contributed by atoms with van der Waals surface area (Å²) in [4.78, 5) is 7.70. The van der Waals surface area contributed by atoms with Crippen LogP contribution in [0.25, 0.3) is 10.9 Å². The van der Waals surface area contributed by atoms with Gasteiger partial charge in [0.05, 0.1) is 29.5 Å². The van der Waals surface area contributed by atoms with Gasteiger partial charge < -0.3 is 4.98 Å². The van der Waals surface area contributed by atoms with E-state index in [1.54, 1.807) is 30.6 Å². The van der Waals surface area contributed by atoms with Crippen LogP contribution in [0.5, 0.6) is 0 Å². The van der Waals surface area contributed by atoms with Gasteiger partial charge in [0.25, 0.3) is 10.0 Å². The highest BCUT2D eigenvalue weighted by Gasteiger charge is 2.26. The third kappa shape index (κ3) is 2.80. The normalized spacial score (nSPS) is 17.2. The van der Waals surface area contributed by atoms with Gasteiger partial charge in [0, 0.05) is 12.4 Å². The smallest absolute Gasteiger partial charge is 0.273 e. The molecule has 1 aliphatic heterocycles. The van der Waals surface area contributed by atoms with Gasteiger partial charge in [-0.3, -0.25) is 9.30 Å². The summed E-state index contributed by atoms with van der Waals surface area (Å²) in [6, 6.07) is 13.0. The molecular formula is C17H14N4O2S3. The Morgan fingerprint density at radius 1 is 1.35 bits per heavy atom. The van der Waals surface area contributed by atoms with E-state index in [0.717, 1.165) is 21.6 Å². The second-order valence-electron chi connectivity index (χ2n) is 5.71. The topological polar surface area (TPSA) is 89.3 Å². The third-order valence-electron chi connectivity index (χ3n) is 4.11. The Kier molecular flexibility index (Phi) is 4.26. The van der Waals surface area contributed by atoms with E-state index in [4.69, 9.17) is 5.26 Å². The molecule has 2 aromatic heterocycles.